The van der Waals surface area contributed by atoms with Crippen LogP contribution in [0, 0.1) is 0 Å². The first-order valence-corrected chi connectivity index (χ1v) is 5.01. The maximum absolute atomic E-state index is 5.69. The molecule has 2 fully saturated rings. The molecule has 12 heavy (non-hydrogen) atoms. The lowest BCUT2D eigenvalue weighted by Gasteiger charge is -2.23. The molecule has 0 radical (unpaired) electrons. The maximum Gasteiger partial charge on any atom is 0.0713 e. The second kappa shape index (κ2) is 3.73. The molecule has 3 nitrogen and oxygen atoms in total. The lowest BCUT2D eigenvalue weighted by Crippen LogP contribution is -2.35. The molecule has 0 aromatic carbocycles. The summed E-state index contributed by atoms with van der Waals surface area (Å²) < 4.78 is 5.69. The highest BCUT2D eigenvalue weighted by Crippen LogP contribution is 2.15. The van der Waals surface area contributed by atoms with Crippen molar-refractivity contribution in [3.05, 3.63) is 0 Å². The highest BCUT2D eigenvalue weighted by molar-refractivity contribution is 4.75. The van der Waals surface area contributed by atoms with Crippen LogP contribution >= 0.6 is 0 Å². The molecular weight excluding hydrogens is 152 g/mol. The van der Waals surface area contributed by atoms with E-state index in [1.165, 1.54) is 26.1 Å². The average molecular weight is 170 g/mol. The maximum atomic E-state index is 5.69. The molecule has 0 aromatic heterocycles. The number of nitrogens with zero attached hydrogens (tertiary/aromatic N) is 2. The molecule has 2 aliphatic heterocycles. The lowest BCUT2D eigenvalue weighted by atomic mass is 10.3. The van der Waals surface area contributed by atoms with Crippen LogP contribution in [0.15, 0.2) is 0 Å². The van der Waals surface area contributed by atoms with Gasteiger partial charge in [0.1, 0.15) is 0 Å². The molecule has 70 valence electrons. The Bertz CT molecular complexity index is 147. The molecule has 3 heteroatoms. The molecular formula is C9H18N2O. The van der Waals surface area contributed by atoms with Gasteiger partial charge in [0.15, 0.2) is 0 Å². The number of ether oxygens (including phenoxy) is 1. The van der Waals surface area contributed by atoms with Gasteiger partial charge in [0.25, 0.3) is 0 Å². The Morgan fingerprint density at radius 3 is 2.75 bits per heavy atom. The zero-order valence-corrected chi connectivity index (χ0v) is 7.83. The zero-order chi connectivity index (χ0) is 8.39. The van der Waals surface area contributed by atoms with Crippen LogP contribution in [0.2, 0.25) is 0 Å². The van der Waals surface area contributed by atoms with Gasteiger partial charge in [0.05, 0.1) is 6.10 Å². The largest absolute Gasteiger partial charge is 0.377 e. The summed E-state index contributed by atoms with van der Waals surface area (Å²) in [7, 11) is 0. The highest BCUT2D eigenvalue weighted by atomic mass is 16.5. The van der Waals surface area contributed by atoms with Gasteiger partial charge in [-0.3, -0.25) is 0 Å². The average Bonchev–Trinajstić information content (AvgIpc) is 2.91. The van der Waals surface area contributed by atoms with E-state index in [0.29, 0.717) is 6.10 Å². The molecule has 0 aromatic rings. The van der Waals surface area contributed by atoms with Crippen LogP contribution in [0.1, 0.15) is 19.8 Å². The van der Waals surface area contributed by atoms with E-state index in [1.807, 2.05) is 0 Å². The predicted molar refractivity (Wildman–Crippen MR) is 47.8 cm³/mol. The third-order valence-corrected chi connectivity index (χ3v) is 2.61. The molecule has 2 rings (SSSR count). The Kier molecular flexibility index (Phi) is 2.63. The van der Waals surface area contributed by atoms with Crippen LogP contribution in [0.5, 0.6) is 0 Å². The van der Waals surface area contributed by atoms with Crippen molar-refractivity contribution < 1.29 is 4.74 Å². The summed E-state index contributed by atoms with van der Waals surface area (Å²) in [5.74, 6) is 0. The molecule has 0 amide bonds. The normalized spacial score (nSPS) is 33.2. The highest BCUT2D eigenvalue weighted by Gasteiger charge is 2.28. The van der Waals surface area contributed by atoms with Crippen molar-refractivity contribution in [2.45, 2.75) is 25.9 Å². The van der Waals surface area contributed by atoms with Crippen molar-refractivity contribution in [3.63, 3.8) is 0 Å². The van der Waals surface area contributed by atoms with Crippen LogP contribution in [-0.4, -0.2) is 48.9 Å². The van der Waals surface area contributed by atoms with Gasteiger partial charge in [-0.05, 0) is 12.8 Å². The van der Waals surface area contributed by atoms with E-state index in [2.05, 4.69) is 16.9 Å². The first-order chi connectivity index (χ1) is 5.90. The van der Waals surface area contributed by atoms with Gasteiger partial charge in [-0.25, -0.2) is 10.0 Å². The van der Waals surface area contributed by atoms with Gasteiger partial charge in [0.2, 0.25) is 0 Å². The molecule has 2 saturated heterocycles. The summed E-state index contributed by atoms with van der Waals surface area (Å²) in [4.78, 5) is 0. The van der Waals surface area contributed by atoms with Gasteiger partial charge in [-0.15, -0.1) is 0 Å². The molecule has 0 saturated carbocycles. The fourth-order valence-electron chi connectivity index (χ4n) is 1.71. The molecule has 0 N–H and O–H groups in total. The number of hydrogen-bond donors (Lipinski definition) is 0. The van der Waals surface area contributed by atoms with Crippen LogP contribution in [0.25, 0.3) is 0 Å². The lowest BCUT2D eigenvalue weighted by molar-refractivity contribution is 0.0198. The van der Waals surface area contributed by atoms with E-state index in [-0.39, 0.29) is 0 Å². The number of rotatable bonds is 2. The molecule has 1 atom stereocenters. The fraction of sp³-hybridized carbons (Fsp3) is 1.00. The van der Waals surface area contributed by atoms with Gasteiger partial charge < -0.3 is 4.74 Å². The molecule has 0 bridgehead atoms. The van der Waals surface area contributed by atoms with Crippen LogP contribution < -0.4 is 0 Å². The minimum Gasteiger partial charge on any atom is -0.377 e. The van der Waals surface area contributed by atoms with Gasteiger partial charge in [0, 0.05) is 32.8 Å². The van der Waals surface area contributed by atoms with E-state index in [1.54, 1.807) is 0 Å². The van der Waals surface area contributed by atoms with E-state index in [4.69, 9.17) is 4.74 Å². The van der Waals surface area contributed by atoms with Gasteiger partial charge >= 0.3 is 0 Å². The van der Waals surface area contributed by atoms with Gasteiger partial charge in [-0.2, -0.15) is 0 Å². The van der Waals surface area contributed by atoms with Crippen molar-refractivity contribution in [1.29, 1.82) is 0 Å². The Morgan fingerprint density at radius 2 is 2.08 bits per heavy atom. The first-order valence-electron chi connectivity index (χ1n) is 5.01. The summed E-state index contributed by atoms with van der Waals surface area (Å²) in [5.41, 5.74) is 0. The smallest absolute Gasteiger partial charge is 0.0713 e. The molecule has 2 aliphatic rings. The Labute approximate surface area is 74.3 Å². The summed E-state index contributed by atoms with van der Waals surface area (Å²) in [6, 6.07) is 0. The van der Waals surface area contributed by atoms with E-state index in [9.17, 15) is 0 Å². The second-order valence-electron chi connectivity index (χ2n) is 3.62. The Hall–Kier alpha value is -0.120. The van der Waals surface area contributed by atoms with Crippen molar-refractivity contribution in [1.82, 2.24) is 10.0 Å². The zero-order valence-electron chi connectivity index (χ0n) is 7.83. The predicted octanol–water partition coefficient (Wildman–Crippen LogP) is 0.718. The molecule has 0 spiro atoms. The SMILES string of the molecule is CCC1CN(N2CC2)CCCO1. The molecule has 1 unspecified atom stereocenters. The van der Waals surface area contributed by atoms with Crippen LogP contribution in [-0.2, 0) is 4.74 Å². The topological polar surface area (TPSA) is 15.5 Å². The van der Waals surface area contributed by atoms with Crippen molar-refractivity contribution >= 4 is 0 Å². The van der Waals surface area contributed by atoms with Crippen molar-refractivity contribution in [2.75, 3.05) is 32.8 Å². The monoisotopic (exact) mass is 170 g/mol. The summed E-state index contributed by atoms with van der Waals surface area (Å²) >= 11 is 0. The number of hydrazine groups is 1. The molecule has 0 aliphatic carbocycles. The minimum absolute atomic E-state index is 0.466. The molecule has 2 heterocycles. The first kappa shape index (κ1) is 8.48. The van der Waals surface area contributed by atoms with E-state index >= 15 is 0 Å². The summed E-state index contributed by atoms with van der Waals surface area (Å²) in [6.45, 7) is 7.97. The Morgan fingerprint density at radius 1 is 1.25 bits per heavy atom. The second-order valence-corrected chi connectivity index (χ2v) is 3.62. The van der Waals surface area contributed by atoms with Crippen molar-refractivity contribution in [2.24, 2.45) is 0 Å². The quantitative estimate of drug-likeness (QED) is 0.568. The third kappa shape index (κ3) is 1.97. The number of hydrogen-bond acceptors (Lipinski definition) is 3. The summed E-state index contributed by atoms with van der Waals surface area (Å²) in [5, 5.41) is 4.87. The Balaban J connectivity index is 1.86. The standard InChI is InChI=1S/C9H18N2O/c1-2-9-8-11(10-5-6-10)4-3-7-12-9/h9H,2-8H2,1H3. The minimum atomic E-state index is 0.466. The fourth-order valence-corrected chi connectivity index (χ4v) is 1.71. The van der Waals surface area contributed by atoms with Gasteiger partial charge in [-0.1, -0.05) is 6.92 Å². The van der Waals surface area contributed by atoms with Crippen LogP contribution in [0.3, 0.4) is 0 Å². The third-order valence-electron chi connectivity index (χ3n) is 2.61. The van der Waals surface area contributed by atoms with E-state index < -0.39 is 0 Å². The van der Waals surface area contributed by atoms with Crippen LogP contribution in [0.4, 0.5) is 0 Å². The van der Waals surface area contributed by atoms with E-state index in [0.717, 1.165) is 19.6 Å². The summed E-state index contributed by atoms with van der Waals surface area (Å²) in [6.07, 6.45) is 2.80. The van der Waals surface area contributed by atoms with Crippen molar-refractivity contribution in [3.8, 4) is 0 Å².